The predicted octanol–water partition coefficient (Wildman–Crippen LogP) is 4.77. The largest absolute Gasteiger partial charge is 0.309 e. The molecule has 0 aliphatic rings. The number of hydrogen-bond acceptors (Lipinski definition) is 3. The maximum Gasteiger partial charge on any atom is 0.147 e. The van der Waals surface area contributed by atoms with Crippen molar-refractivity contribution in [3.8, 4) is 17.8 Å². The van der Waals surface area contributed by atoms with Gasteiger partial charge in [-0.1, -0.05) is 12.1 Å². The molecule has 128 valence electrons. The molecule has 4 heterocycles. The third kappa shape index (κ3) is 1.70. The van der Waals surface area contributed by atoms with E-state index < -0.39 is 0 Å². The second kappa shape index (κ2) is 5.09. The highest BCUT2D eigenvalue weighted by molar-refractivity contribution is 6.25. The second-order valence-electron chi connectivity index (χ2n) is 6.82. The zero-order valence-corrected chi connectivity index (χ0v) is 14.6. The predicted molar refractivity (Wildman–Crippen MR) is 108 cm³/mol. The molecular formula is C23H11N5. The first-order chi connectivity index (χ1) is 13.8. The van der Waals surface area contributed by atoms with E-state index in [2.05, 4.69) is 44.3 Å². The Kier molecular flexibility index (Phi) is 2.69. The summed E-state index contributed by atoms with van der Waals surface area (Å²) in [6, 6.07) is 21.9. The fourth-order valence-electron chi connectivity index (χ4n) is 4.31. The van der Waals surface area contributed by atoms with Crippen LogP contribution in [0, 0.1) is 22.7 Å². The highest BCUT2D eigenvalue weighted by atomic mass is 15.0. The summed E-state index contributed by atoms with van der Waals surface area (Å²) in [5.41, 5.74) is 5.79. The molecule has 0 bridgehead atoms. The number of aromatic nitrogens is 3. The van der Waals surface area contributed by atoms with E-state index >= 15 is 0 Å². The topological polar surface area (TPSA) is 69.8 Å². The lowest BCUT2D eigenvalue weighted by atomic mass is 10.1. The lowest BCUT2D eigenvalue weighted by Gasteiger charge is -2.08. The van der Waals surface area contributed by atoms with Crippen molar-refractivity contribution in [2.45, 2.75) is 0 Å². The zero-order chi connectivity index (χ0) is 18.8. The van der Waals surface area contributed by atoms with Gasteiger partial charge in [0.1, 0.15) is 5.65 Å². The maximum atomic E-state index is 9.41. The van der Waals surface area contributed by atoms with E-state index in [-0.39, 0.29) is 0 Å². The fraction of sp³-hybridized carbons (Fsp3) is 0. The smallest absolute Gasteiger partial charge is 0.147 e. The van der Waals surface area contributed by atoms with Crippen molar-refractivity contribution in [2.75, 3.05) is 0 Å². The fourth-order valence-corrected chi connectivity index (χ4v) is 4.31. The van der Waals surface area contributed by atoms with E-state index in [0.29, 0.717) is 11.1 Å². The summed E-state index contributed by atoms with van der Waals surface area (Å²) in [6.07, 6.45) is 3.83. The number of fused-ring (bicyclic) bond motifs is 3. The second-order valence-corrected chi connectivity index (χ2v) is 6.82. The Morgan fingerprint density at radius 2 is 1.54 bits per heavy atom. The van der Waals surface area contributed by atoms with E-state index in [1.165, 1.54) is 0 Å². The molecule has 0 spiro atoms. The van der Waals surface area contributed by atoms with Gasteiger partial charge in [0.25, 0.3) is 0 Å². The number of nitrogens with zero attached hydrogens (tertiary/aromatic N) is 5. The van der Waals surface area contributed by atoms with Crippen LogP contribution >= 0.6 is 0 Å². The van der Waals surface area contributed by atoms with Crippen molar-refractivity contribution in [1.82, 2.24) is 14.0 Å². The summed E-state index contributed by atoms with van der Waals surface area (Å²) in [6.45, 7) is 0. The molecule has 0 aliphatic heterocycles. The van der Waals surface area contributed by atoms with E-state index in [0.717, 1.165) is 44.0 Å². The number of rotatable bonds is 1. The average Bonchev–Trinajstić information content (AvgIpc) is 3.36. The minimum Gasteiger partial charge on any atom is -0.309 e. The molecule has 2 aromatic carbocycles. The van der Waals surface area contributed by atoms with Gasteiger partial charge in [-0.3, -0.25) is 0 Å². The molecule has 0 fully saturated rings. The van der Waals surface area contributed by atoms with E-state index in [1.54, 1.807) is 12.3 Å². The third-order valence-electron chi connectivity index (χ3n) is 5.37. The average molecular weight is 357 g/mol. The Labute approximate surface area is 159 Å². The zero-order valence-electron chi connectivity index (χ0n) is 14.6. The molecule has 0 N–H and O–H groups in total. The van der Waals surface area contributed by atoms with Crippen molar-refractivity contribution in [1.29, 1.82) is 10.5 Å². The van der Waals surface area contributed by atoms with E-state index in [4.69, 9.17) is 0 Å². The van der Waals surface area contributed by atoms with Gasteiger partial charge in [-0.25, -0.2) is 4.98 Å². The van der Waals surface area contributed by atoms with Crippen LogP contribution in [0.4, 0.5) is 0 Å². The van der Waals surface area contributed by atoms with Crippen LogP contribution in [0.1, 0.15) is 11.1 Å². The van der Waals surface area contributed by atoms with Crippen LogP contribution in [0.3, 0.4) is 0 Å². The van der Waals surface area contributed by atoms with Crippen LogP contribution in [-0.2, 0) is 0 Å². The third-order valence-corrected chi connectivity index (χ3v) is 5.37. The Morgan fingerprint density at radius 3 is 2.32 bits per heavy atom. The van der Waals surface area contributed by atoms with Gasteiger partial charge < -0.3 is 8.97 Å². The van der Waals surface area contributed by atoms with E-state index in [9.17, 15) is 10.5 Å². The highest BCUT2D eigenvalue weighted by Crippen LogP contribution is 2.40. The summed E-state index contributed by atoms with van der Waals surface area (Å²) in [7, 11) is 0. The van der Waals surface area contributed by atoms with Gasteiger partial charge in [0, 0.05) is 28.9 Å². The molecule has 0 radical (unpaired) electrons. The van der Waals surface area contributed by atoms with Crippen LogP contribution in [0.25, 0.3) is 44.0 Å². The molecule has 5 nitrogen and oxygen atoms in total. The molecule has 0 saturated carbocycles. The Hall–Kier alpha value is -4.35. The van der Waals surface area contributed by atoms with Crippen LogP contribution in [0.2, 0.25) is 0 Å². The summed E-state index contributed by atoms with van der Waals surface area (Å²) in [4.78, 5) is 4.65. The van der Waals surface area contributed by atoms with Gasteiger partial charge in [0.15, 0.2) is 0 Å². The molecule has 0 aliphatic carbocycles. The number of nitriles is 2. The highest BCUT2D eigenvalue weighted by Gasteiger charge is 2.20. The molecule has 5 heteroatoms. The van der Waals surface area contributed by atoms with Crippen molar-refractivity contribution in [3.05, 3.63) is 78.1 Å². The quantitative estimate of drug-likeness (QED) is 0.398. The lowest BCUT2D eigenvalue weighted by Crippen LogP contribution is -1.96. The first-order valence-electron chi connectivity index (χ1n) is 8.86. The van der Waals surface area contributed by atoms with Gasteiger partial charge >= 0.3 is 0 Å². The number of benzene rings is 2. The summed E-state index contributed by atoms with van der Waals surface area (Å²) in [5, 5.41) is 22.2. The van der Waals surface area contributed by atoms with Crippen molar-refractivity contribution in [3.63, 3.8) is 0 Å². The molecule has 0 saturated heterocycles. The number of hydrogen-bond donors (Lipinski definition) is 0. The standard InChI is InChI=1S/C23H11N5/c24-12-14-9-15(13-25)11-16(10-14)28-19-4-1-3-17-18-5-2-8-27(18)23-22(21(17)19)20(28)6-7-26-23/h1-11H. The molecule has 0 atom stereocenters. The lowest BCUT2D eigenvalue weighted by molar-refractivity contribution is 1.16. The summed E-state index contributed by atoms with van der Waals surface area (Å²) >= 11 is 0. The van der Waals surface area contributed by atoms with E-state index in [1.807, 2.05) is 36.5 Å². The molecule has 6 rings (SSSR count). The van der Waals surface area contributed by atoms with Crippen LogP contribution in [-0.4, -0.2) is 14.0 Å². The minimum absolute atomic E-state index is 0.468. The van der Waals surface area contributed by atoms with Gasteiger partial charge in [0.05, 0.1) is 45.2 Å². The summed E-state index contributed by atoms with van der Waals surface area (Å²) in [5.74, 6) is 0. The number of pyridine rings is 2. The van der Waals surface area contributed by atoms with Gasteiger partial charge in [-0.05, 0) is 42.5 Å². The monoisotopic (exact) mass is 357 g/mol. The molecule has 0 unspecified atom stereocenters. The first-order valence-corrected chi connectivity index (χ1v) is 8.86. The first kappa shape index (κ1) is 14.8. The molecule has 6 aromatic rings. The molecular weight excluding hydrogens is 346 g/mol. The van der Waals surface area contributed by atoms with Crippen LogP contribution < -0.4 is 0 Å². The van der Waals surface area contributed by atoms with Crippen LogP contribution in [0.15, 0.2) is 67.0 Å². The maximum absolute atomic E-state index is 9.41. The molecule has 28 heavy (non-hydrogen) atoms. The van der Waals surface area contributed by atoms with Gasteiger partial charge in [-0.2, -0.15) is 10.5 Å². The van der Waals surface area contributed by atoms with Gasteiger partial charge in [0.2, 0.25) is 0 Å². The van der Waals surface area contributed by atoms with Crippen LogP contribution in [0.5, 0.6) is 0 Å². The summed E-state index contributed by atoms with van der Waals surface area (Å²) < 4.78 is 4.23. The Bertz CT molecular complexity index is 1520. The Balaban J connectivity index is 1.90. The van der Waals surface area contributed by atoms with Crippen molar-refractivity contribution in [2.24, 2.45) is 0 Å². The minimum atomic E-state index is 0.468. The molecule has 0 amide bonds. The molecule has 4 aromatic heterocycles. The SMILES string of the molecule is N#Cc1cc(C#N)cc(-n2c3cccc4c3c3c2ccnc3n2cccc42)c1. The van der Waals surface area contributed by atoms with Gasteiger partial charge in [-0.15, -0.1) is 0 Å². The normalized spacial score (nSPS) is 11.5. The van der Waals surface area contributed by atoms with Crippen molar-refractivity contribution >= 4 is 38.4 Å². The Morgan fingerprint density at radius 1 is 0.786 bits per heavy atom. The van der Waals surface area contributed by atoms with Crippen molar-refractivity contribution < 1.29 is 0 Å².